The Hall–Kier alpha value is -1.06. The molecular weight excluding hydrogens is 178 g/mol. The molecule has 0 saturated carbocycles. The molecule has 1 aliphatic heterocycles. The normalized spacial score (nSPS) is 15.2. The van der Waals surface area contributed by atoms with E-state index in [1.165, 1.54) is 5.56 Å². The second-order valence-electron chi connectivity index (χ2n) is 3.61. The van der Waals surface area contributed by atoms with Crippen molar-refractivity contribution in [2.45, 2.75) is 19.4 Å². The van der Waals surface area contributed by atoms with Crippen LogP contribution in [0.4, 0.5) is 0 Å². The first-order valence-electron chi connectivity index (χ1n) is 4.97. The van der Waals surface area contributed by atoms with E-state index in [2.05, 4.69) is 5.32 Å². The largest absolute Gasteiger partial charge is 0.507 e. The predicted octanol–water partition coefficient (Wildman–Crippen LogP) is 0.573. The van der Waals surface area contributed by atoms with E-state index < -0.39 is 0 Å². The third kappa shape index (κ3) is 1.61. The molecule has 0 fully saturated rings. The Morgan fingerprint density at radius 2 is 2.21 bits per heavy atom. The first-order valence-corrected chi connectivity index (χ1v) is 4.97. The molecule has 76 valence electrons. The number of hydrogen-bond acceptors (Lipinski definition) is 3. The van der Waals surface area contributed by atoms with Crippen LogP contribution in [0, 0.1) is 0 Å². The van der Waals surface area contributed by atoms with Gasteiger partial charge in [0.15, 0.2) is 0 Å². The predicted molar refractivity (Wildman–Crippen MR) is 54.3 cm³/mol. The first-order chi connectivity index (χ1) is 6.83. The van der Waals surface area contributed by atoms with E-state index in [1.54, 1.807) is 0 Å². The van der Waals surface area contributed by atoms with Crippen molar-refractivity contribution in [2.75, 3.05) is 13.2 Å². The van der Waals surface area contributed by atoms with Crippen LogP contribution in [0.3, 0.4) is 0 Å². The molecule has 0 atom stereocenters. The third-order valence-corrected chi connectivity index (χ3v) is 2.71. The molecule has 0 aromatic heterocycles. The summed E-state index contributed by atoms with van der Waals surface area (Å²) in [6.45, 7) is 1.84. The number of aromatic hydroxyl groups is 1. The van der Waals surface area contributed by atoms with E-state index in [1.807, 2.05) is 12.1 Å². The molecule has 14 heavy (non-hydrogen) atoms. The van der Waals surface area contributed by atoms with Gasteiger partial charge in [-0.3, -0.25) is 0 Å². The molecule has 1 aromatic carbocycles. The number of aliphatic hydroxyl groups excluding tert-OH is 1. The van der Waals surface area contributed by atoms with E-state index in [-0.39, 0.29) is 6.61 Å². The van der Waals surface area contributed by atoms with Crippen LogP contribution in [0.25, 0.3) is 0 Å². The summed E-state index contributed by atoms with van der Waals surface area (Å²) in [4.78, 5) is 0. The Kier molecular flexibility index (Phi) is 2.70. The van der Waals surface area contributed by atoms with Gasteiger partial charge in [-0.15, -0.1) is 0 Å². The summed E-state index contributed by atoms with van der Waals surface area (Å²) in [5.41, 5.74) is 3.08. The van der Waals surface area contributed by atoms with Crippen LogP contribution >= 0.6 is 0 Å². The zero-order valence-corrected chi connectivity index (χ0v) is 8.08. The number of phenols is 1. The highest BCUT2D eigenvalue weighted by Crippen LogP contribution is 2.28. The molecule has 0 unspecified atom stereocenters. The minimum absolute atomic E-state index is 0.0879. The fourth-order valence-electron chi connectivity index (χ4n) is 1.93. The Balaban J connectivity index is 2.38. The Labute approximate surface area is 83.4 Å². The van der Waals surface area contributed by atoms with Gasteiger partial charge in [0.25, 0.3) is 0 Å². The lowest BCUT2D eigenvalue weighted by Crippen LogP contribution is -2.23. The second-order valence-corrected chi connectivity index (χ2v) is 3.61. The van der Waals surface area contributed by atoms with Gasteiger partial charge in [0.2, 0.25) is 0 Å². The van der Waals surface area contributed by atoms with Crippen molar-refractivity contribution in [2.24, 2.45) is 0 Å². The highest BCUT2D eigenvalue weighted by Gasteiger charge is 2.14. The minimum atomic E-state index is 0.0879. The minimum Gasteiger partial charge on any atom is -0.507 e. The number of rotatable bonds is 2. The quantitative estimate of drug-likeness (QED) is 0.643. The molecule has 3 heteroatoms. The Morgan fingerprint density at radius 3 is 3.00 bits per heavy atom. The summed E-state index contributed by atoms with van der Waals surface area (Å²) in [6.07, 6.45) is 1.41. The van der Waals surface area contributed by atoms with Gasteiger partial charge in [-0.25, -0.2) is 0 Å². The third-order valence-electron chi connectivity index (χ3n) is 2.71. The van der Waals surface area contributed by atoms with Gasteiger partial charge in [-0.1, -0.05) is 12.1 Å². The second kappa shape index (κ2) is 3.98. The maximum absolute atomic E-state index is 9.93. The summed E-state index contributed by atoms with van der Waals surface area (Å²) in [7, 11) is 0. The zero-order valence-electron chi connectivity index (χ0n) is 8.08. The van der Waals surface area contributed by atoms with Gasteiger partial charge < -0.3 is 15.5 Å². The molecule has 1 aliphatic rings. The smallest absolute Gasteiger partial charge is 0.122 e. The highest BCUT2D eigenvalue weighted by atomic mass is 16.3. The molecule has 0 spiro atoms. The summed E-state index contributed by atoms with van der Waals surface area (Å²) in [5.74, 6) is 0.387. The molecule has 3 nitrogen and oxygen atoms in total. The van der Waals surface area contributed by atoms with E-state index in [9.17, 15) is 5.11 Å². The standard InChI is InChI=1S/C11H15NO2/c13-6-4-8-1-2-9-7-12-5-3-10(9)11(8)14/h1-2,12-14H,3-7H2. The number of fused-ring (bicyclic) bond motifs is 1. The summed E-state index contributed by atoms with van der Waals surface area (Å²) in [5, 5.41) is 22.0. The van der Waals surface area contributed by atoms with E-state index >= 15 is 0 Å². The Bertz CT molecular complexity index is 336. The van der Waals surface area contributed by atoms with Crippen LogP contribution in [-0.4, -0.2) is 23.4 Å². The average molecular weight is 193 g/mol. The monoisotopic (exact) mass is 193 g/mol. The molecule has 1 aromatic rings. The van der Waals surface area contributed by atoms with Crippen molar-refractivity contribution in [3.8, 4) is 5.75 Å². The molecular formula is C11H15NO2. The maximum Gasteiger partial charge on any atom is 0.122 e. The summed E-state index contributed by atoms with van der Waals surface area (Å²) >= 11 is 0. The molecule has 0 amide bonds. The van der Waals surface area contributed by atoms with Gasteiger partial charge in [-0.05, 0) is 36.1 Å². The molecule has 1 heterocycles. The van der Waals surface area contributed by atoms with E-state index in [0.717, 1.165) is 30.6 Å². The van der Waals surface area contributed by atoms with Crippen molar-refractivity contribution in [1.82, 2.24) is 5.32 Å². The summed E-state index contributed by atoms with van der Waals surface area (Å²) < 4.78 is 0. The van der Waals surface area contributed by atoms with Gasteiger partial charge in [0, 0.05) is 13.2 Å². The molecule has 3 N–H and O–H groups in total. The maximum atomic E-state index is 9.93. The average Bonchev–Trinajstić information content (AvgIpc) is 2.23. The molecule has 0 bridgehead atoms. The first kappa shape index (κ1) is 9.49. The van der Waals surface area contributed by atoms with Crippen molar-refractivity contribution in [1.29, 1.82) is 0 Å². The van der Waals surface area contributed by atoms with Crippen LogP contribution in [0.15, 0.2) is 12.1 Å². The van der Waals surface area contributed by atoms with Crippen molar-refractivity contribution in [3.05, 3.63) is 28.8 Å². The fourth-order valence-corrected chi connectivity index (χ4v) is 1.93. The van der Waals surface area contributed by atoms with Crippen molar-refractivity contribution >= 4 is 0 Å². The summed E-state index contributed by atoms with van der Waals surface area (Å²) in [6, 6.07) is 3.93. The van der Waals surface area contributed by atoms with Crippen LogP contribution in [0.1, 0.15) is 16.7 Å². The van der Waals surface area contributed by atoms with E-state index in [4.69, 9.17) is 5.11 Å². The lowest BCUT2D eigenvalue weighted by atomic mass is 9.96. The molecule has 0 radical (unpaired) electrons. The molecule has 0 aliphatic carbocycles. The Morgan fingerprint density at radius 1 is 1.36 bits per heavy atom. The molecule has 2 rings (SSSR count). The van der Waals surface area contributed by atoms with Gasteiger partial charge in [0.1, 0.15) is 5.75 Å². The van der Waals surface area contributed by atoms with Crippen molar-refractivity contribution < 1.29 is 10.2 Å². The highest BCUT2D eigenvalue weighted by molar-refractivity contribution is 5.46. The number of nitrogens with one attached hydrogen (secondary N) is 1. The fraction of sp³-hybridized carbons (Fsp3) is 0.455. The van der Waals surface area contributed by atoms with Crippen LogP contribution in [0.5, 0.6) is 5.75 Å². The van der Waals surface area contributed by atoms with Gasteiger partial charge in [-0.2, -0.15) is 0 Å². The van der Waals surface area contributed by atoms with Gasteiger partial charge in [0.05, 0.1) is 0 Å². The van der Waals surface area contributed by atoms with E-state index in [0.29, 0.717) is 12.2 Å². The molecule has 0 saturated heterocycles. The van der Waals surface area contributed by atoms with Crippen molar-refractivity contribution in [3.63, 3.8) is 0 Å². The topological polar surface area (TPSA) is 52.5 Å². The SMILES string of the molecule is OCCc1ccc2c(c1O)CCNC2. The van der Waals surface area contributed by atoms with Crippen LogP contribution in [0.2, 0.25) is 0 Å². The number of aliphatic hydroxyl groups is 1. The van der Waals surface area contributed by atoms with Crippen LogP contribution < -0.4 is 5.32 Å². The number of hydrogen-bond donors (Lipinski definition) is 3. The van der Waals surface area contributed by atoms with Crippen LogP contribution in [-0.2, 0) is 19.4 Å². The number of phenolic OH excluding ortho intramolecular Hbond substituents is 1. The lowest BCUT2D eigenvalue weighted by molar-refractivity contribution is 0.297. The number of benzene rings is 1. The van der Waals surface area contributed by atoms with Gasteiger partial charge >= 0.3 is 0 Å². The lowest BCUT2D eigenvalue weighted by Gasteiger charge is -2.19. The zero-order chi connectivity index (χ0) is 9.97.